The Kier molecular flexibility index (Phi) is 7.47. The first-order chi connectivity index (χ1) is 14.0. The highest BCUT2D eigenvalue weighted by Gasteiger charge is 2.15. The lowest BCUT2D eigenvalue weighted by Crippen LogP contribution is -2.44. The summed E-state index contributed by atoms with van der Waals surface area (Å²) in [5.41, 5.74) is 3.84. The van der Waals surface area contributed by atoms with Gasteiger partial charge in [-0.15, -0.1) is 0 Å². The monoisotopic (exact) mass is 394 g/mol. The minimum atomic E-state index is 0.416. The molecule has 2 heterocycles. The van der Waals surface area contributed by atoms with Crippen LogP contribution in [0, 0.1) is 6.92 Å². The van der Waals surface area contributed by atoms with E-state index in [1.165, 1.54) is 16.7 Å². The van der Waals surface area contributed by atoms with Crippen LogP contribution in [0.5, 0.6) is 0 Å². The van der Waals surface area contributed by atoms with E-state index < -0.39 is 0 Å². The van der Waals surface area contributed by atoms with E-state index in [1.807, 2.05) is 13.2 Å². The van der Waals surface area contributed by atoms with Crippen molar-refractivity contribution >= 4 is 11.8 Å². The third kappa shape index (κ3) is 6.19. The summed E-state index contributed by atoms with van der Waals surface area (Å²) in [7, 11) is 3.98. The molecule has 0 saturated carbocycles. The fraction of sp³-hybridized carbons (Fsp3) is 0.478. The van der Waals surface area contributed by atoms with Crippen LogP contribution in [-0.4, -0.2) is 62.7 Å². The van der Waals surface area contributed by atoms with Crippen LogP contribution in [-0.2, 0) is 6.54 Å². The maximum atomic E-state index is 4.57. The van der Waals surface area contributed by atoms with Crippen LogP contribution in [0.15, 0.2) is 47.6 Å². The summed E-state index contributed by atoms with van der Waals surface area (Å²) in [5, 5.41) is 6.87. The van der Waals surface area contributed by atoms with Crippen LogP contribution >= 0.6 is 0 Å². The number of aliphatic imine (C=N–C) groups is 1. The molecule has 0 amide bonds. The van der Waals surface area contributed by atoms with E-state index in [4.69, 9.17) is 0 Å². The van der Waals surface area contributed by atoms with Crippen molar-refractivity contribution in [3.05, 3.63) is 59.3 Å². The van der Waals surface area contributed by atoms with Gasteiger partial charge < -0.3 is 20.4 Å². The van der Waals surface area contributed by atoms with E-state index in [-0.39, 0.29) is 0 Å². The van der Waals surface area contributed by atoms with E-state index in [0.29, 0.717) is 5.92 Å². The van der Waals surface area contributed by atoms with Gasteiger partial charge in [-0.05, 0) is 43.1 Å². The van der Waals surface area contributed by atoms with E-state index in [0.717, 1.165) is 51.0 Å². The number of aromatic nitrogens is 1. The second kappa shape index (κ2) is 10.3. The number of benzene rings is 1. The van der Waals surface area contributed by atoms with E-state index in [9.17, 15) is 0 Å². The van der Waals surface area contributed by atoms with Crippen molar-refractivity contribution in [2.75, 3.05) is 51.7 Å². The standard InChI is InChI=1S/C23H34N6/c1-18-5-7-21(8-6-18)19(2)16-26-23(24-3)27-17-20-9-10-25-22(15-20)29-13-11-28(4)12-14-29/h5-10,15,19H,11-14,16-17H2,1-4H3,(H2,24,26,27). The molecule has 1 aliphatic heterocycles. The molecule has 0 radical (unpaired) electrons. The van der Waals surface area contributed by atoms with Gasteiger partial charge >= 0.3 is 0 Å². The molecule has 1 fully saturated rings. The number of guanidine groups is 1. The molecule has 3 rings (SSSR count). The van der Waals surface area contributed by atoms with Gasteiger partial charge in [-0.2, -0.15) is 0 Å². The van der Waals surface area contributed by atoms with Gasteiger partial charge in [0, 0.05) is 52.5 Å². The lowest BCUT2D eigenvalue weighted by molar-refractivity contribution is 0.312. The zero-order valence-corrected chi connectivity index (χ0v) is 18.2. The highest BCUT2D eigenvalue weighted by Crippen LogP contribution is 2.16. The quantitative estimate of drug-likeness (QED) is 0.583. The lowest BCUT2D eigenvalue weighted by atomic mass is 10.0. The fourth-order valence-electron chi connectivity index (χ4n) is 3.45. The van der Waals surface area contributed by atoms with Crippen molar-refractivity contribution in [1.29, 1.82) is 0 Å². The van der Waals surface area contributed by atoms with Crippen molar-refractivity contribution < 1.29 is 0 Å². The third-order valence-corrected chi connectivity index (χ3v) is 5.54. The van der Waals surface area contributed by atoms with E-state index in [1.54, 1.807) is 0 Å². The molecule has 6 heteroatoms. The first-order valence-corrected chi connectivity index (χ1v) is 10.4. The van der Waals surface area contributed by atoms with Crippen molar-refractivity contribution in [2.24, 2.45) is 4.99 Å². The normalized spacial score (nSPS) is 16.6. The second-order valence-electron chi connectivity index (χ2n) is 7.93. The molecule has 1 saturated heterocycles. The van der Waals surface area contributed by atoms with Gasteiger partial charge in [-0.1, -0.05) is 36.8 Å². The number of aryl methyl sites for hydroxylation is 1. The number of anilines is 1. The number of nitrogens with one attached hydrogen (secondary N) is 2. The molecule has 2 aromatic rings. The van der Waals surface area contributed by atoms with Crippen LogP contribution < -0.4 is 15.5 Å². The summed E-state index contributed by atoms with van der Waals surface area (Å²) in [6, 6.07) is 13.0. The molecule has 156 valence electrons. The molecular weight excluding hydrogens is 360 g/mol. The van der Waals surface area contributed by atoms with Gasteiger partial charge in [-0.3, -0.25) is 4.99 Å². The smallest absolute Gasteiger partial charge is 0.191 e. The lowest BCUT2D eigenvalue weighted by Gasteiger charge is -2.33. The van der Waals surface area contributed by atoms with Crippen LogP contribution in [0.2, 0.25) is 0 Å². The number of nitrogens with zero attached hydrogens (tertiary/aromatic N) is 4. The Balaban J connectivity index is 1.50. The third-order valence-electron chi connectivity index (χ3n) is 5.54. The Morgan fingerprint density at radius 1 is 1.10 bits per heavy atom. The molecule has 0 aliphatic carbocycles. The zero-order chi connectivity index (χ0) is 20.6. The summed E-state index contributed by atoms with van der Waals surface area (Å²) in [4.78, 5) is 13.7. The highest BCUT2D eigenvalue weighted by atomic mass is 15.3. The van der Waals surface area contributed by atoms with Gasteiger partial charge in [-0.25, -0.2) is 4.98 Å². The molecule has 2 N–H and O–H groups in total. The predicted octanol–water partition coefficient (Wildman–Crippen LogP) is 2.61. The molecular formula is C23H34N6. The van der Waals surface area contributed by atoms with Crippen molar-refractivity contribution in [3.63, 3.8) is 0 Å². The Labute approximate surface area is 175 Å². The topological polar surface area (TPSA) is 55.8 Å². The Morgan fingerprint density at radius 3 is 2.52 bits per heavy atom. The summed E-state index contributed by atoms with van der Waals surface area (Å²) in [5.74, 6) is 2.30. The second-order valence-corrected chi connectivity index (χ2v) is 7.93. The number of hydrogen-bond acceptors (Lipinski definition) is 4. The maximum absolute atomic E-state index is 4.57. The Morgan fingerprint density at radius 2 is 1.83 bits per heavy atom. The van der Waals surface area contributed by atoms with Gasteiger partial charge in [0.1, 0.15) is 5.82 Å². The average Bonchev–Trinajstić information content (AvgIpc) is 2.75. The minimum Gasteiger partial charge on any atom is -0.356 e. The van der Waals surface area contributed by atoms with Crippen molar-refractivity contribution in [2.45, 2.75) is 26.3 Å². The van der Waals surface area contributed by atoms with E-state index >= 15 is 0 Å². The summed E-state index contributed by atoms with van der Waals surface area (Å²) < 4.78 is 0. The number of hydrogen-bond donors (Lipinski definition) is 2. The molecule has 29 heavy (non-hydrogen) atoms. The number of piperazine rings is 1. The molecule has 0 spiro atoms. The minimum absolute atomic E-state index is 0.416. The molecule has 1 aliphatic rings. The van der Waals surface area contributed by atoms with Gasteiger partial charge in [0.05, 0.1) is 0 Å². The SMILES string of the molecule is CN=C(NCc1ccnc(N2CCN(C)CC2)c1)NCC(C)c1ccc(C)cc1. The number of pyridine rings is 1. The Hall–Kier alpha value is -2.60. The predicted molar refractivity (Wildman–Crippen MR) is 122 cm³/mol. The molecule has 1 unspecified atom stereocenters. The van der Waals surface area contributed by atoms with Gasteiger partial charge in [0.25, 0.3) is 0 Å². The first-order valence-electron chi connectivity index (χ1n) is 10.4. The average molecular weight is 395 g/mol. The van der Waals surface area contributed by atoms with Crippen LogP contribution in [0.1, 0.15) is 29.5 Å². The Bertz CT molecular complexity index is 793. The summed E-state index contributed by atoms with van der Waals surface area (Å²) >= 11 is 0. The molecule has 1 aromatic heterocycles. The van der Waals surface area contributed by atoms with Crippen molar-refractivity contribution in [3.8, 4) is 0 Å². The number of rotatable bonds is 6. The highest BCUT2D eigenvalue weighted by molar-refractivity contribution is 5.79. The maximum Gasteiger partial charge on any atom is 0.191 e. The summed E-state index contributed by atoms with van der Waals surface area (Å²) in [6.45, 7) is 10.1. The largest absolute Gasteiger partial charge is 0.356 e. The molecule has 1 aromatic carbocycles. The zero-order valence-electron chi connectivity index (χ0n) is 18.2. The summed E-state index contributed by atoms with van der Waals surface area (Å²) in [6.07, 6.45) is 1.90. The molecule has 1 atom stereocenters. The van der Waals surface area contributed by atoms with Crippen LogP contribution in [0.25, 0.3) is 0 Å². The van der Waals surface area contributed by atoms with Crippen LogP contribution in [0.3, 0.4) is 0 Å². The first kappa shape index (κ1) is 21.1. The molecule has 6 nitrogen and oxygen atoms in total. The van der Waals surface area contributed by atoms with Crippen molar-refractivity contribution in [1.82, 2.24) is 20.5 Å². The van der Waals surface area contributed by atoms with E-state index in [2.05, 4.69) is 87.7 Å². The molecule has 0 bridgehead atoms. The van der Waals surface area contributed by atoms with Crippen LogP contribution in [0.4, 0.5) is 5.82 Å². The fourth-order valence-corrected chi connectivity index (χ4v) is 3.45. The van der Waals surface area contributed by atoms with Gasteiger partial charge in [0.2, 0.25) is 0 Å². The number of likely N-dealkylation sites (N-methyl/N-ethyl adjacent to an activating group) is 1. The van der Waals surface area contributed by atoms with Gasteiger partial charge in [0.15, 0.2) is 5.96 Å².